The highest BCUT2D eigenvalue weighted by molar-refractivity contribution is 5.73. The minimum absolute atomic E-state index is 0.215. The van der Waals surface area contributed by atoms with Crippen molar-refractivity contribution < 1.29 is 23.0 Å². The first-order valence-electron chi connectivity index (χ1n) is 9.66. The molecule has 2 aromatic rings. The summed E-state index contributed by atoms with van der Waals surface area (Å²) < 4.78 is 37.4. The number of ether oxygens (including phenoxy) is 2. The smallest absolute Gasteiger partial charge is 0.418 e. The Bertz CT molecular complexity index is 1000. The van der Waals surface area contributed by atoms with Crippen molar-refractivity contribution in [3.05, 3.63) is 71.0 Å². The number of nitrogens with zero attached hydrogens (tertiary/aromatic N) is 2. The number of fused-ring (bicyclic) bond motifs is 2. The number of carbonyl (C=O) groups excluding carboxylic acids is 1. The minimum atomic E-state index is -0.489. The average molecular weight is 412 g/mol. The Hall–Kier alpha value is -3.40. The standard InChI is InChI=1S/C15H16FNO3.C8H6FN/c1-10-4-3-8-17-14(10)19-9-7-11-12(16)5-2-6-13(11)20-15(17)18;1-6-7(5-10)3-2-4-8(6)9/h2,5-7,9-10,14H,3-4,8H2,1H3;2-4H,1H3/b9-7-;. The monoisotopic (exact) mass is 412 g/mol. The van der Waals surface area contributed by atoms with Crippen molar-refractivity contribution in [1.82, 2.24) is 4.90 Å². The maximum Gasteiger partial charge on any atom is 0.418 e. The van der Waals surface area contributed by atoms with Gasteiger partial charge in [0, 0.05) is 18.0 Å². The molecule has 1 fully saturated rings. The molecule has 2 atom stereocenters. The number of hydrogen-bond acceptors (Lipinski definition) is 4. The number of benzene rings is 2. The first-order valence-corrected chi connectivity index (χ1v) is 9.66. The van der Waals surface area contributed by atoms with E-state index in [9.17, 15) is 13.6 Å². The zero-order valence-corrected chi connectivity index (χ0v) is 16.8. The van der Waals surface area contributed by atoms with E-state index in [1.54, 1.807) is 24.0 Å². The van der Waals surface area contributed by atoms with E-state index in [0.717, 1.165) is 12.8 Å². The molecule has 2 heterocycles. The third-order valence-electron chi connectivity index (χ3n) is 5.14. The Labute approximate surface area is 174 Å². The first-order chi connectivity index (χ1) is 14.4. The highest BCUT2D eigenvalue weighted by atomic mass is 19.1. The van der Waals surface area contributed by atoms with Crippen LogP contribution in [0.4, 0.5) is 13.6 Å². The number of piperidine rings is 1. The third kappa shape index (κ3) is 4.60. The number of halogens is 2. The van der Waals surface area contributed by atoms with Gasteiger partial charge in [0.2, 0.25) is 0 Å². The van der Waals surface area contributed by atoms with Crippen molar-refractivity contribution in [2.45, 2.75) is 32.9 Å². The minimum Gasteiger partial charge on any atom is -0.478 e. The van der Waals surface area contributed by atoms with Crippen LogP contribution < -0.4 is 4.74 Å². The molecular weight excluding hydrogens is 390 g/mol. The van der Waals surface area contributed by atoms with E-state index in [-0.39, 0.29) is 29.3 Å². The molecule has 0 radical (unpaired) electrons. The molecule has 0 N–H and O–H groups in total. The fourth-order valence-corrected chi connectivity index (χ4v) is 3.40. The summed E-state index contributed by atoms with van der Waals surface area (Å²) in [5.41, 5.74) is 1.05. The van der Waals surface area contributed by atoms with E-state index in [0.29, 0.717) is 17.7 Å². The molecule has 1 amide bonds. The molecule has 1 saturated heterocycles. The lowest BCUT2D eigenvalue weighted by molar-refractivity contribution is -0.0509. The van der Waals surface area contributed by atoms with Crippen molar-refractivity contribution >= 4 is 12.2 Å². The van der Waals surface area contributed by atoms with Crippen LogP contribution in [0, 0.1) is 35.8 Å². The summed E-state index contributed by atoms with van der Waals surface area (Å²) in [5.74, 6) is -0.331. The highest BCUT2D eigenvalue weighted by Crippen LogP contribution is 2.30. The van der Waals surface area contributed by atoms with E-state index < -0.39 is 11.9 Å². The molecule has 0 saturated carbocycles. The molecule has 2 unspecified atom stereocenters. The first kappa shape index (κ1) is 21.3. The lowest BCUT2D eigenvalue weighted by Gasteiger charge is -2.37. The van der Waals surface area contributed by atoms with Gasteiger partial charge in [-0.3, -0.25) is 4.90 Å². The van der Waals surface area contributed by atoms with Crippen LogP contribution in [-0.4, -0.2) is 23.8 Å². The van der Waals surface area contributed by atoms with Crippen LogP contribution in [0.3, 0.4) is 0 Å². The van der Waals surface area contributed by atoms with Crippen LogP contribution >= 0.6 is 0 Å². The zero-order valence-electron chi connectivity index (χ0n) is 16.8. The summed E-state index contributed by atoms with van der Waals surface area (Å²) in [6.07, 6.45) is 4.01. The Kier molecular flexibility index (Phi) is 6.68. The van der Waals surface area contributed by atoms with Gasteiger partial charge in [0.25, 0.3) is 0 Å². The number of rotatable bonds is 0. The van der Waals surface area contributed by atoms with Gasteiger partial charge < -0.3 is 9.47 Å². The molecule has 30 heavy (non-hydrogen) atoms. The second-order valence-electron chi connectivity index (χ2n) is 7.19. The topological polar surface area (TPSA) is 62.6 Å². The summed E-state index contributed by atoms with van der Waals surface area (Å²) in [6.45, 7) is 4.21. The van der Waals surface area contributed by atoms with Crippen molar-refractivity contribution in [2.24, 2.45) is 5.92 Å². The van der Waals surface area contributed by atoms with E-state index in [1.165, 1.54) is 36.6 Å². The van der Waals surface area contributed by atoms with Crippen molar-refractivity contribution in [1.29, 1.82) is 5.26 Å². The molecule has 7 heteroatoms. The lowest BCUT2D eigenvalue weighted by Crippen LogP contribution is -2.49. The zero-order chi connectivity index (χ0) is 21.7. The van der Waals surface area contributed by atoms with Crippen LogP contribution in [0.25, 0.3) is 6.08 Å². The number of amides is 1. The summed E-state index contributed by atoms with van der Waals surface area (Å²) in [7, 11) is 0. The van der Waals surface area contributed by atoms with Gasteiger partial charge in [-0.2, -0.15) is 5.26 Å². The average Bonchev–Trinajstić information content (AvgIpc) is 2.80. The van der Waals surface area contributed by atoms with Crippen LogP contribution in [0.1, 0.15) is 36.5 Å². The van der Waals surface area contributed by atoms with Gasteiger partial charge in [-0.05, 0) is 50.1 Å². The van der Waals surface area contributed by atoms with Gasteiger partial charge in [0.05, 0.1) is 23.5 Å². The van der Waals surface area contributed by atoms with Gasteiger partial charge in [0.15, 0.2) is 6.23 Å². The Morgan fingerprint density at radius 2 is 1.90 bits per heavy atom. The normalized spacial score (nSPS) is 21.0. The van der Waals surface area contributed by atoms with E-state index in [1.807, 2.05) is 13.0 Å². The molecule has 0 bridgehead atoms. The summed E-state index contributed by atoms with van der Waals surface area (Å²) in [6, 6.07) is 10.8. The largest absolute Gasteiger partial charge is 0.478 e. The van der Waals surface area contributed by atoms with Crippen molar-refractivity contribution in [2.75, 3.05) is 6.54 Å². The fourth-order valence-electron chi connectivity index (χ4n) is 3.40. The van der Waals surface area contributed by atoms with Crippen molar-refractivity contribution in [3.8, 4) is 11.8 Å². The maximum absolute atomic E-state index is 13.8. The molecule has 4 rings (SSSR count). The summed E-state index contributed by atoms with van der Waals surface area (Å²) in [4.78, 5) is 13.8. The highest BCUT2D eigenvalue weighted by Gasteiger charge is 2.35. The van der Waals surface area contributed by atoms with Gasteiger partial charge in [-0.15, -0.1) is 0 Å². The summed E-state index contributed by atoms with van der Waals surface area (Å²) >= 11 is 0. The number of nitriles is 1. The quantitative estimate of drug-likeness (QED) is 0.582. The lowest BCUT2D eigenvalue weighted by atomic mass is 9.98. The van der Waals surface area contributed by atoms with Gasteiger partial charge in [0.1, 0.15) is 17.4 Å². The van der Waals surface area contributed by atoms with Crippen LogP contribution in [0.15, 0.2) is 42.7 Å². The van der Waals surface area contributed by atoms with Crippen LogP contribution in [-0.2, 0) is 4.74 Å². The van der Waals surface area contributed by atoms with Crippen molar-refractivity contribution in [3.63, 3.8) is 0 Å². The Morgan fingerprint density at radius 1 is 1.17 bits per heavy atom. The predicted molar refractivity (Wildman–Crippen MR) is 107 cm³/mol. The van der Waals surface area contributed by atoms with E-state index in [4.69, 9.17) is 14.7 Å². The second-order valence-corrected chi connectivity index (χ2v) is 7.19. The second kappa shape index (κ2) is 9.40. The van der Waals surface area contributed by atoms with Gasteiger partial charge >= 0.3 is 6.09 Å². The molecule has 0 aliphatic carbocycles. The molecule has 5 nitrogen and oxygen atoms in total. The molecular formula is C23H22F2N2O3. The summed E-state index contributed by atoms with van der Waals surface area (Å²) in [5, 5.41) is 8.43. The van der Waals surface area contributed by atoms with Gasteiger partial charge in [-0.25, -0.2) is 13.6 Å². The third-order valence-corrected chi connectivity index (χ3v) is 5.14. The molecule has 156 valence electrons. The Balaban J connectivity index is 0.000000216. The molecule has 0 aromatic heterocycles. The number of carbonyl (C=O) groups is 1. The molecule has 2 aliphatic heterocycles. The molecule has 0 spiro atoms. The number of hydrogen-bond donors (Lipinski definition) is 0. The van der Waals surface area contributed by atoms with E-state index >= 15 is 0 Å². The Morgan fingerprint density at radius 3 is 2.63 bits per heavy atom. The van der Waals surface area contributed by atoms with Gasteiger partial charge in [-0.1, -0.05) is 19.1 Å². The molecule has 2 aliphatic rings. The fraction of sp³-hybridized carbons (Fsp3) is 0.304. The maximum atomic E-state index is 13.8. The van der Waals surface area contributed by atoms with E-state index in [2.05, 4.69) is 0 Å². The SMILES string of the molecule is CC1CCCN2C(=O)Oc3cccc(F)c3/C=C\OC12.Cc1c(F)cccc1C#N. The van der Waals surface area contributed by atoms with Crippen LogP contribution in [0.5, 0.6) is 5.75 Å². The van der Waals surface area contributed by atoms with Crippen LogP contribution in [0.2, 0.25) is 0 Å². The molecule has 2 aromatic carbocycles. The predicted octanol–water partition coefficient (Wildman–Crippen LogP) is 5.39.